The molecule has 0 bridgehead atoms. The molecule has 0 atom stereocenters. The zero-order chi connectivity index (χ0) is 15.5. The lowest BCUT2D eigenvalue weighted by Crippen LogP contribution is -2.29. The predicted molar refractivity (Wildman–Crippen MR) is 84.9 cm³/mol. The van der Waals surface area contributed by atoms with Gasteiger partial charge in [0.15, 0.2) is 0 Å². The Balaban J connectivity index is 1.74. The molecule has 3 rings (SSSR count). The molecule has 1 aromatic carbocycles. The van der Waals surface area contributed by atoms with Crippen molar-refractivity contribution in [1.29, 1.82) is 0 Å². The van der Waals surface area contributed by atoms with Crippen LogP contribution in [-0.4, -0.2) is 15.7 Å². The fourth-order valence-electron chi connectivity index (χ4n) is 2.45. The van der Waals surface area contributed by atoms with Crippen molar-refractivity contribution in [1.82, 2.24) is 9.78 Å². The lowest BCUT2D eigenvalue weighted by atomic mass is 10.1. The van der Waals surface area contributed by atoms with Crippen molar-refractivity contribution in [3.8, 4) is 0 Å². The van der Waals surface area contributed by atoms with E-state index in [2.05, 4.69) is 10.4 Å². The molecule has 114 valence electrons. The lowest BCUT2D eigenvalue weighted by molar-refractivity contribution is -0.117. The van der Waals surface area contributed by atoms with E-state index in [9.17, 15) is 9.59 Å². The molecule has 22 heavy (non-hydrogen) atoms. The Morgan fingerprint density at radius 2 is 2.05 bits per heavy atom. The Morgan fingerprint density at radius 3 is 2.77 bits per heavy atom. The van der Waals surface area contributed by atoms with Crippen LogP contribution in [0.4, 0.5) is 5.69 Å². The van der Waals surface area contributed by atoms with Gasteiger partial charge in [0.05, 0.1) is 5.69 Å². The normalized spacial score (nSPS) is 13.9. The fourth-order valence-corrected chi connectivity index (χ4v) is 2.45. The summed E-state index contributed by atoms with van der Waals surface area (Å²) in [7, 11) is 0. The largest absolute Gasteiger partial charge is 0.324 e. The maximum atomic E-state index is 12.2. The molecule has 1 N–H and O–H groups in total. The van der Waals surface area contributed by atoms with E-state index in [1.54, 1.807) is 6.07 Å². The van der Waals surface area contributed by atoms with Gasteiger partial charge in [-0.1, -0.05) is 25.1 Å². The molecular weight excluding hydrogens is 278 g/mol. The number of nitrogens with zero attached hydrogens (tertiary/aromatic N) is 2. The molecule has 1 fully saturated rings. The first-order valence-corrected chi connectivity index (χ1v) is 7.63. The first kappa shape index (κ1) is 14.5. The van der Waals surface area contributed by atoms with E-state index in [0.717, 1.165) is 36.2 Å². The SMILES string of the molecule is CCc1ccccc1NC(=O)Cn1nc(C2CC2)ccc1=O. The number of hydrogen-bond donors (Lipinski definition) is 1. The third-order valence-electron chi connectivity index (χ3n) is 3.85. The molecule has 0 saturated heterocycles. The number of anilines is 1. The summed E-state index contributed by atoms with van der Waals surface area (Å²) in [5, 5.41) is 7.16. The van der Waals surface area contributed by atoms with Gasteiger partial charge < -0.3 is 5.32 Å². The number of para-hydroxylation sites is 1. The number of rotatable bonds is 5. The van der Waals surface area contributed by atoms with Crippen LogP contribution >= 0.6 is 0 Å². The monoisotopic (exact) mass is 297 g/mol. The Labute approximate surface area is 129 Å². The Hall–Kier alpha value is -2.43. The Bertz CT molecular complexity index is 748. The highest BCUT2D eigenvalue weighted by Crippen LogP contribution is 2.38. The van der Waals surface area contributed by atoms with Gasteiger partial charge in [0.2, 0.25) is 5.91 Å². The summed E-state index contributed by atoms with van der Waals surface area (Å²) >= 11 is 0. The fraction of sp³-hybridized carbons (Fsp3) is 0.353. The third-order valence-corrected chi connectivity index (χ3v) is 3.85. The molecule has 1 aliphatic rings. The molecule has 0 radical (unpaired) electrons. The van der Waals surface area contributed by atoms with Gasteiger partial charge in [-0.3, -0.25) is 9.59 Å². The second kappa shape index (κ2) is 6.13. The van der Waals surface area contributed by atoms with Gasteiger partial charge in [0, 0.05) is 17.7 Å². The molecule has 2 aromatic rings. The Kier molecular flexibility index (Phi) is 4.04. The van der Waals surface area contributed by atoms with E-state index in [0.29, 0.717) is 5.92 Å². The summed E-state index contributed by atoms with van der Waals surface area (Å²) in [6.45, 7) is 1.98. The first-order valence-electron chi connectivity index (χ1n) is 7.63. The van der Waals surface area contributed by atoms with Gasteiger partial charge in [-0.05, 0) is 37.0 Å². The van der Waals surface area contributed by atoms with Gasteiger partial charge in [-0.15, -0.1) is 0 Å². The molecular formula is C17H19N3O2. The van der Waals surface area contributed by atoms with E-state index in [4.69, 9.17) is 0 Å². The molecule has 0 unspecified atom stereocenters. The predicted octanol–water partition coefficient (Wildman–Crippen LogP) is 2.32. The van der Waals surface area contributed by atoms with Gasteiger partial charge in [0.1, 0.15) is 6.54 Å². The van der Waals surface area contributed by atoms with Crippen molar-refractivity contribution in [2.75, 3.05) is 5.32 Å². The first-order chi connectivity index (χ1) is 10.7. The summed E-state index contributed by atoms with van der Waals surface area (Å²) < 4.78 is 1.25. The van der Waals surface area contributed by atoms with Gasteiger partial charge in [-0.2, -0.15) is 5.10 Å². The molecule has 0 aliphatic heterocycles. The van der Waals surface area contributed by atoms with Crippen LogP contribution in [0.2, 0.25) is 0 Å². The average Bonchev–Trinajstić information content (AvgIpc) is 3.35. The zero-order valence-electron chi connectivity index (χ0n) is 12.6. The van der Waals surface area contributed by atoms with Crippen molar-refractivity contribution >= 4 is 11.6 Å². The number of benzene rings is 1. The van der Waals surface area contributed by atoms with Crippen LogP contribution in [0, 0.1) is 0 Å². The highest BCUT2D eigenvalue weighted by molar-refractivity contribution is 5.91. The molecule has 1 amide bonds. The summed E-state index contributed by atoms with van der Waals surface area (Å²) in [5.74, 6) is 0.221. The van der Waals surface area contributed by atoms with Crippen LogP contribution in [0.15, 0.2) is 41.2 Å². The van der Waals surface area contributed by atoms with Crippen LogP contribution in [0.1, 0.15) is 36.9 Å². The van der Waals surface area contributed by atoms with E-state index in [-0.39, 0.29) is 18.0 Å². The van der Waals surface area contributed by atoms with E-state index in [1.165, 1.54) is 10.7 Å². The smallest absolute Gasteiger partial charge is 0.267 e. The standard InChI is InChI=1S/C17H19N3O2/c1-2-12-5-3-4-6-14(12)18-16(21)11-20-17(22)10-9-15(19-20)13-7-8-13/h3-6,9-10,13H,2,7-8,11H2,1H3,(H,18,21). The zero-order valence-corrected chi connectivity index (χ0v) is 12.6. The van der Waals surface area contributed by atoms with Crippen molar-refractivity contribution < 1.29 is 4.79 Å². The number of aryl methyl sites for hydroxylation is 1. The maximum Gasteiger partial charge on any atom is 0.267 e. The minimum atomic E-state index is -0.247. The van der Waals surface area contributed by atoms with Gasteiger partial charge >= 0.3 is 0 Å². The number of nitrogens with one attached hydrogen (secondary N) is 1. The number of carbonyl (C=O) groups excluding carboxylic acids is 1. The van der Waals surface area contributed by atoms with Crippen LogP contribution in [0.25, 0.3) is 0 Å². The van der Waals surface area contributed by atoms with E-state index >= 15 is 0 Å². The Morgan fingerprint density at radius 1 is 1.27 bits per heavy atom. The van der Waals surface area contributed by atoms with Crippen molar-refractivity contribution in [3.05, 3.63) is 58.0 Å². The van der Waals surface area contributed by atoms with E-state index < -0.39 is 0 Å². The van der Waals surface area contributed by atoms with Crippen LogP contribution in [0.5, 0.6) is 0 Å². The molecule has 1 aliphatic carbocycles. The number of aromatic nitrogens is 2. The quantitative estimate of drug-likeness (QED) is 0.921. The second-order valence-corrected chi connectivity index (χ2v) is 5.59. The number of carbonyl (C=O) groups is 1. The molecule has 1 aromatic heterocycles. The molecule has 1 saturated carbocycles. The minimum absolute atomic E-state index is 0.0581. The third kappa shape index (κ3) is 3.24. The molecule has 1 heterocycles. The van der Waals surface area contributed by atoms with Crippen molar-refractivity contribution in [2.24, 2.45) is 0 Å². The van der Waals surface area contributed by atoms with Crippen LogP contribution in [-0.2, 0) is 17.8 Å². The highest BCUT2D eigenvalue weighted by atomic mass is 16.2. The summed E-state index contributed by atoms with van der Waals surface area (Å²) in [4.78, 5) is 24.0. The number of amides is 1. The van der Waals surface area contributed by atoms with Crippen LogP contribution < -0.4 is 10.9 Å². The summed E-state index contributed by atoms with van der Waals surface area (Å²) in [5.41, 5.74) is 2.52. The van der Waals surface area contributed by atoms with Gasteiger partial charge in [0.25, 0.3) is 5.56 Å². The average molecular weight is 297 g/mol. The molecule has 0 spiro atoms. The van der Waals surface area contributed by atoms with Gasteiger partial charge in [-0.25, -0.2) is 4.68 Å². The summed E-state index contributed by atoms with van der Waals surface area (Å²) in [6, 6.07) is 10.9. The van der Waals surface area contributed by atoms with Crippen LogP contribution in [0.3, 0.4) is 0 Å². The minimum Gasteiger partial charge on any atom is -0.324 e. The molecule has 5 nitrogen and oxygen atoms in total. The number of hydrogen-bond acceptors (Lipinski definition) is 3. The van der Waals surface area contributed by atoms with Crippen molar-refractivity contribution in [3.63, 3.8) is 0 Å². The van der Waals surface area contributed by atoms with Crippen molar-refractivity contribution in [2.45, 2.75) is 38.6 Å². The maximum absolute atomic E-state index is 12.2. The van der Waals surface area contributed by atoms with E-state index in [1.807, 2.05) is 31.2 Å². The topological polar surface area (TPSA) is 64.0 Å². The lowest BCUT2D eigenvalue weighted by Gasteiger charge is -2.10. The summed E-state index contributed by atoms with van der Waals surface area (Å²) in [6.07, 6.45) is 3.06. The highest BCUT2D eigenvalue weighted by Gasteiger charge is 2.25. The second-order valence-electron chi connectivity index (χ2n) is 5.59. The molecule has 5 heteroatoms.